The smallest absolute Gasteiger partial charge is 0.278 e. The van der Waals surface area contributed by atoms with Crippen molar-refractivity contribution < 1.29 is 18.7 Å². The van der Waals surface area contributed by atoms with Crippen molar-refractivity contribution >= 4 is 17.4 Å². The summed E-state index contributed by atoms with van der Waals surface area (Å²) in [5, 5.41) is 0. The van der Waals surface area contributed by atoms with E-state index in [0.717, 1.165) is 16.9 Å². The summed E-state index contributed by atoms with van der Waals surface area (Å²) in [6, 6.07) is 21.4. The number of carbonyl (C=O) groups is 2. The number of imide groups is 1. The summed E-state index contributed by atoms with van der Waals surface area (Å²) in [5.74, 6) is -0.590. The number of ether oxygens (including phenoxy) is 1. The summed E-state index contributed by atoms with van der Waals surface area (Å²) in [5.41, 5.74) is 4.05. The van der Waals surface area contributed by atoms with Gasteiger partial charge in [-0.1, -0.05) is 54.6 Å². The number of halogens is 1. The molecule has 0 radical (unpaired) electrons. The summed E-state index contributed by atoms with van der Waals surface area (Å²) < 4.78 is 19.6. The average Bonchev–Trinajstić information content (AvgIpc) is 3.10. The Labute approximate surface area is 191 Å². The number of hydrogen-bond acceptors (Lipinski definition) is 4. The van der Waals surface area contributed by atoms with Crippen molar-refractivity contribution in [3.63, 3.8) is 0 Å². The van der Waals surface area contributed by atoms with Crippen LogP contribution in [-0.2, 0) is 29.1 Å². The summed E-state index contributed by atoms with van der Waals surface area (Å²) >= 11 is 0. The van der Waals surface area contributed by atoms with E-state index in [1.807, 2.05) is 23.1 Å². The van der Waals surface area contributed by atoms with E-state index in [-0.39, 0.29) is 6.54 Å². The first kappa shape index (κ1) is 20.9. The predicted molar refractivity (Wildman–Crippen MR) is 122 cm³/mol. The molecular formula is C27H23FN2O3. The van der Waals surface area contributed by atoms with Gasteiger partial charge in [0.2, 0.25) is 0 Å². The molecule has 2 amide bonds. The molecule has 33 heavy (non-hydrogen) atoms. The van der Waals surface area contributed by atoms with Crippen molar-refractivity contribution in [1.82, 2.24) is 9.80 Å². The van der Waals surface area contributed by atoms with Crippen LogP contribution in [0.2, 0.25) is 0 Å². The maximum atomic E-state index is 14.3. The van der Waals surface area contributed by atoms with Crippen molar-refractivity contribution in [2.75, 3.05) is 13.7 Å². The molecule has 166 valence electrons. The fourth-order valence-corrected chi connectivity index (χ4v) is 4.50. The summed E-state index contributed by atoms with van der Waals surface area (Å²) in [4.78, 5) is 30.3. The second-order valence-electron chi connectivity index (χ2n) is 8.18. The number of fused-ring (bicyclic) bond motifs is 1. The standard InChI is InChI=1S/C27H23FN2O3/c1-33-22-12-10-19(11-13-22)24-25(29-15-14-18-6-2-3-7-20(18)16-29)27(32)30(26(24)31)17-21-8-4-5-9-23(21)28/h2-13H,14-17H2,1H3. The third-order valence-electron chi connectivity index (χ3n) is 6.26. The molecule has 0 unspecified atom stereocenters. The molecule has 0 bridgehead atoms. The monoisotopic (exact) mass is 442 g/mol. The molecule has 2 aliphatic rings. The summed E-state index contributed by atoms with van der Waals surface area (Å²) in [7, 11) is 1.57. The van der Waals surface area contributed by atoms with Gasteiger partial charge in [0.1, 0.15) is 17.3 Å². The van der Waals surface area contributed by atoms with Crippen LogP contribution in [-0.4, -0.2) is 35.3 Å². The van der Waals surface area contributed by atoms with Crippen LogP contribution in [0.3, 0.4) is 0 Å². The van der Waals surface area contributed by atoms with E-state index in [2.05, 4.69) is 6.07 Å². The summed E-state index contributed by atoms with van der Waals surface area (Å²) in [6.07, 6.45) is 0.782. The van der Waals surface area contributed by atoms with Crippen LogP contribution in [0.4, 0.5) is 4.39 Å². The van der Waals surface area contributed by atoms with Crippen LogP contribution < -0.4 is 4.74 Å². The second kappa shape index (κ2) is 8.54. The lowest BCUT2D eigenvalue weighted by Crippen LogP contribution is -2.37. The van der Waals surface area contributed by atoms with Crippen molar-refractivity contribution in [2.45, 2.75) is 19.5 Å². The van der Waals surface area contributed by atoms with Crippen molar-refractivity contribution in [3.8, 4) is 5.75 Å². The minimum absolute atomic E-state index is 0.113. The van der Waals surface area contributed by atoms with Gasteiger partial charge in [0, 0.05) is 18.7 Å². The zero-order chi connectivity index (χ0) is 22.9. The molecule has 0 aliphatic carbocycles. The van der Waals surface area contributed by atoms with Gasteiger partial charge in [-0.25, -0.2) is 4.39 Å². The van der Waals surface area contributed by atoms with Crippen LogP contribution >= 0.6 is 0 Å². The fraction of sp³-hybridized carbons (Fsp3) is 0.185. The zero-order valence-electron chi connectivity index (χ0n) is 18.3. The molecule has 6 heteroatoms. The van der Waals surface area contributed by atoms with Crippen LogP contribution in [0.15, 0.2) is 78.5 Å². The lowest BCUT2D eigenvalue weighted by molar-refractivity contribution is -0.138. The Hall–Kier alpha value is -3.93. The highest BCUT2D eigenvalue weighted by Gasteiger charge is 2.42. The minimum Gasteiger partial charge on any atom is -0.497 e. The highest BCUT2D eigenvalue weighted by molar-refractivity contribution is 6.35. The van der Waals surface area contributed by atoms with Crippen LogP contribution in [0.25, 0.3) is 5.57 Å². The first-order valence-corrected chi connectivity index (χ1v) is 10.9. The molecule has 0 N–H and O–H groups in total. The number of nitrogens with zero attached hydrogens (tertiary/aromatic N) is 2. The predicted octanol–water partition coefficient (Wildman–Crippen LogP) is 4.17. The number of carbonyl (C=O) groups excluding carboxylic acids is 2. The first-order valence-electron chi connectivity index (χ1n) is 10.9. The molecule has 0 saturated heterocycles. The normalized spacial score (nSPS) is 15.8. The topological polar surface area (TPSA) is 49.9 Å². The van der Waals surface area contributed by atoms with E-state index in [4.69, 9.17) is 4.74 Å². The second-order valence-corrected chi connectivity index (χ2v) is 8.18. The molecule has 0 saturated carbocycles. The number of benzene rings is 3. The Morgan fingerprint density at radius 3 is 2.30 bits per heavy atom. The fourth-order valence-electron chi connectivity index (χ4n) is 4.50. The Balaban J connectivity index is 1.56. The third kappa shape index (κ3) is 3.78. The van der Waals surface area contributed by atoms with Gasteiger partial charge in [-0.2, -0.15) is 0 Å². The Morgan fingerprint density at radius 1 is 0.879 bits per heavy atom. The van der Waals surface area contributed by atoms with Crippen LogP contribution in [0, 0.1) is 5.82 Å². The van der Waals surface area contributed by atoms with Gasteiger partial charge in [0.25, 0.3) is 11.8 Å². The number of rotatable bonds is 5. The molecule has 0 fully saturated rings. The van der Waals surface area contributed by atoms with Gasteiger partial charge in [-0.15, -0.1) is 0 Å². The maximum absolute atomic E-state index is 14.3. The van der Waals surface area contributed by atoms with Crippen molar-refractivity contribution in [1.29, 1.82) is 0 Å². The highest BCUT2D eigenvalue weighted by Crippen LogP contribution is 2.35. The van der Waals surface area contributed by atoms with Crippen molar-refractivity contribution in [2.24, 2.45) is 0 Å². The lowest BCUT2D eigenvalue weighted by Gasteiger charge is -2.31. The number of amides is 2. The third-order valence-corrected chi connectivity index (χ3v) is 6.26. The van der Waals surface area contributed by atoms with Gasteiger partial charge < -0.3 is 9.64 Å². The summed E-state index contributed by atoms with van der Waals surface area (Å²) in [6.45, 7) is 1.05. The van der Waals surface area contributed by atoms with Gasteiger partial charge in [0.15, 0.2) is 0 Å². The molecule has 0 aromatic heterocycles. The maximum Gasteiger partial charge on any atom is 0.278 e. The molecule has 3 aromatic carbocycles. The van der Waals surface area contributed by atoms with E-state index in [1.54, 1.807) is 49.6 Å². The van der Waals surface area contributed by atoms with E-state index >= 15 is 0 Å². The largest absolute Gasteiger partial charge is 0.497 e. The Kier molecular flexibility index (Phi) is 5.42. The lowest BCUT2D eigenvalue weighted by atomic mass is 9.98. The molecule has 5 nitrogen and oxygen atoms in total. The van der Waals surface area contributed by atoms with Gasteiger partial charge in [0.05, 0.1) is 19.2 Å². The molecule has 2 heterocycles. The molecule has 3 aromatic rings. The molecule has 5 rings (SSSR count). The highest BCUT2D eigenvalue weighted by atomic mass is 19.1. The minimum atomic E-state index is -0.440. The number of hydrogen-bond donors (Lipinski definition) is 0. The SMILES string of the molecule is COc1ccc(C2=C(N3CCc4ccccc4C3)C(=O)N(Cc3ccccc3F)C2=O)cc1. The molecule has 0 spiro atoms. The van der Waals surface area contributed by atoms with Gasteiger partial charge >= 0.3 is 0 Å². The molecule has 0 atom stereocenters. The molecular weight excluding hydrogens is 419 g/mol. The van der Waals surface area contributed by atoms with Crippen molar-refractivity contribution in [3.05, 3.63) is 107 Å². The average molecular weight is 442 g/mol. The van der Waals surface area contributed by atoms with Crippen LogP contribution in [0.5, 0.6) is 5.75 Å². The van der Waals surface area contributed by atoms with E-state index < -0.39 is 17.6 Å². The molecule has 2 aliphatic heterocycles. The Bertz CT molecular complexity index is 1270. The number of methoxy groups -OCH3 is 1. The zero-order valence-corrected chi connectivity index (χ0v) is 18.3. The Morgan fingerprint density at radius 2 is 1.58 bits per heavy atom. The van der Waals surface area contributed by atoms with Crippen LogP contribution in [0.1, 0.15) is 22.3 Å². The van der Waals surface area contributed by atoms with E-state index in [1.165, 1.54) is 11.6 Å². The quantitative estimate of drug-likeness (QED) is 0.557. The first-order chi connectivity index (χ1) is 16.1. The van der Waals surface area contributed by atoms with E-state index in [0.29, 0.717) is 41.2 Å². The van der Waals surface area contributed by atoms with Gasteiger partial charge in [-0.05, 0) is 41.3 Å². The van der Waals surface area contributed by atoms with E-state index in [9.17, 15) is 14.0 Å². The van der Waals surface area contributed by atoms with Gasteiger partial charge in [-0.3, -0.25) is 14.5 Å².